The van der Waals surface area contributed by atoms with Crippen molar-refractivity contribution in [2.45, 2.75) is 18.4 Å². The predicted molar refractivity (Wildman–Crippen MR) is 75.5 cm³/mol. The number of nitrogens with zero attached hydrogens (tertiary/aromatic N) is 2. The monoisotopic (exact) mass is 291 g/mol. The van der Waals surface area contributed by atoms with E-state index in [-0.39, 0.29) is 11.6 Å². The highest BCUT2D eigenvalue weighted by atomic mass is 32.2. The number of nitrogens with one attached hydrogen (secondary N) is 1. The van der Waals surface area contributed by atoms with Crippen LogP contribution in [-0.4, -0.2) is 27.9 Å². The van der Waals surface area contributed by atoms with Crippen LogP contribution in [0, 0.1) is 21.4 Å². The topological polar surface area (TPSA) is 96.0 Å². The van der Waals surface area contributed by atoms with Crippen LogP contribution in [0.2, 0.25) is 0 Å². The molecule has 1 fully saturated rings. The van der Waals surface area contributed by atoms with Gasteiger partial charge < -0.3 is 5.32 Å². The molecule has 0 unspecified atom stereocenters. The van der Waals surface area contributed by atoms with E-state index in [2.05, 4.69) is 11.4 Å². The van der Waals surface area contributed by atoms with Crippen LogP contribution in [0.5, 0.6) is 0 Å². The van der Waals surface area contributed by atoms with Crippen molar-refractivity contribution in [1.82, 2.24) is 5.32 Å². The molecular formula is C13H13N3O3S. The van der Waals surface area contributed by atoms with E-state index in [9.17, 15) is 20.2 Å². The Morgan fingerprint density at radius 1 is 1.35 bits per heavy atom. The number of nitro groups is 1. The van der Waals surface area contributed by atoms with E-state index in [0.29, 0.717) is 18.4 Å². The lowest BCUT2D eigenvalue weighted by Gasteiger charge is -2.31. The summed E-state index contributed by atoms with van der Waals surface area (Å²) < 4.78 is 0. The normalized spacial score (nSPS) is 16.9. The van der Waals surface area contributed by atoms with Gasteiger partial charge in [-0.05, 0) is 36.5 Å². The molecule has 0 saturated carbocycles. The van der Waals surface area contributed by atoms with Crippen LogP contribution in [0.4, 0.5) is 5.69 Å². The Kier molecular flexibility index (Phi) is 4.25. The first-order chi connectivity index (χ1) is 9.56. The zero-order valence-electron chi connectivity index (χ0n) is 10.7. The molecule has 1 N–H and O–H groups in total. The van der Waals surface area contributed by atoms with E-state index >= 15 is 0 Å². The number of carbonyl (C=O) groups is 1. The Balaban J connectivity index is 2.11. The first-order valence-electron chi connectivity index (χ1n) is 6.12. The number of nitro benzene ring substituents is 1. The van der Waals surface area contributed by atoms with Gasteiger partial charge in [0.1, 0.15) is 5.54 Å². The number of carbonyl (C=O) groups excluding carboxylic acids is 1. The maximum atomic E-state index is 12.1. The molecule has 0 atom stereocenters. The smallest absolute Gasteiger partial charge is 0.269 e. The minimum atomic E-state index is -0.815. The Labute approximate surface area is 120 Å². The number of rotatable bonds is 3. The molecular weight excluding hydrogens is 278 g/mol. The van der Waals surface area contributed by atoms with Gasteiger partial charge in [-0.1, -0.05) is 0 Å². The number of hydrogen-bond acceptors (Lipinski definition) is 5. The maximum absolute atomic E-state index is 12.1. The lowest BCUT2D eigenvalue weighted by molar-refractivity contribution is -0.384. The number of benzene rings is 1. The van der Waals surface area contributed by atoms with E-state index in [0.717, 1.165) is 11.5 Å². The highest BCUT2D eigenvalue weighted by Gasteiger charge is 2.34. The molecule has 6 nitrogen and oxygen atoms in total. The molecule has 7 heteroatoms. The molecule has 2 rings (SSSR count). The second-order valence-corrected chi connectivity index (χ2v) is 5.79. The molecule has 1 heterocycles. The lowest BCUT2D eigenvalue weighted by Crippen LogP contribution is -2.49. The third kappa shape index (κ3) is 3.08. The van der Waals surface area contributed by atoms with Crippen molar-refractivity contribution in [3.63, 3.8) is 0 Å². The third-order valence-electron chi connectivity index (χ3n) is 3.25. The summed E-state index contributed by atoms with van der Waals surface area (Å²) in [6.07, 6.45) is 1.24. The van der Waals surface area contributed by atoms with Crippen LogP contribution in [0.3, 0.4) is 0 Å². The fourth-order valence-corrected chi connectivity index (χ4v) is 3.20. The summed E-state index contributed by atoms with van der Waals surface area (Å²) in [6.45, 7) is 0. The van der Waals surface area contributed by atoms with Gasteiger partial charge in [0, 0.05) is 17.7 Å². The average molecular weight is 291 g/mol. The van der Waals surface area contributed by atoms with Crippen molar-refractivity contribution in [3.8, 4) is 6.07 Å². The molecule has 0 aromatic heterocycles. The fourth-order valence-electron chi connectivity index (χ4n) is 2.01. The van der Waals surface area contributed by atoms with Crippen LogP contribution in [0.1, 0.15) is 23.2 Å². The summed E-state index contributed by atoms with van der Waals surface area (Å²) in [5.74, 6) is 1.32. The minimum absolute atomic E-state index is 0.0642. The molecule has 1 saturated heterocycles. The quantitative estimate of drug-likeness (QED) is 0.679. The Hall–Kier alpha value is -2.07. The van der Waals surface area contributed by atoms with E-state index < -0.39 is 10.5 Å². The van der Waals surface area contributed by atoms with Crippen molar-refractivity contribution < 1.29 is 9.72 Å². The van der Waals surface area contributed by atoms with Crippen molar-refractivity contribution in [2.24, 2.45) is 0 Å². The van der Waals surface area contributed by atoms with Gasteiger partial charge >= 0.3 is 0 Å². The zero-order chi connectivity index (χ0) is 14.6. The molecule has 1 aromatic rings. The second kappa shape index (κ2) is 5.92. The minimum Gasteiger partial charge on any atom is -0.334 e. The molecule has 20 heavy (non-hydrogen) atoms. The van der Waals surface area contributed by atoms with Gasteiger partial charge in [0.25, 0.3) is 11.6 Å². The van der Waals surface area contributed by atoms with E-state index in [1.165, 1.54) is 24.3 Å². The number of thioether (sulfide) groups is 1. The number of non-ortho nitro benzene ring substituents is 1. The van der Waals surface area contributed by atoms with E-state index in [4.69, 9.17) is 0 Å². The van der Waals surface area contributed by atoms with E-state index in [1.807, 2.05) is 0 Å². The maximum Gasteiger partial charge on any atom is 0.269 e. The summed E-state index contributed by atoms with van der Waals surface area (Å²) in [6, 6.07) is 7.56. The average Bonchev–Trinajstić information content (AvgIpc) is 2.48. The summed E-state index contributed by atoms with van der Waals surface area (Å²) in [7, 11) is 0. The van der Waals surface area contributed by atoms with E-state index in [1.54, 1.807) is 11.8 Å². The lowest BCUT2D eigenvalue weighted by atomic mass is 9.93. The molecule has 0 spiro atoms. The third-order valence-corrected chi connectivity index (χ3v) is 4.24. The molecule has 104 valence electrons. The summed E-state index contributed by atoms with van der Waals surface area (Å²) in [5.41, 5.74) is -0.557. The van der Waals surface area contributed by atoms with Crippen LogP contribution >= 0.6 is 11.8 Å². The molecule has 1 aliphatic rings. The van der Waals surface area contributed by atoms with Crippen molar-refractivity contribution >= 4 is 23.4 Å². The van der Waals surface area contributed by atoms with Crippen LogP contribution in [-0.2, 0) is 0 Å². The molecule has 1 aromatic carbocycles. The van der Waals surface area contributed by atoms with Gasteiger partial charge in [0.2, 0.25) is 0 Å². The Morgan fingerprint density at radius 2 is 1.95 bits per heavy atom. The molecule has 0 radical (unpaired) electrons. The van der Waals surface area contributed by atoms with Crippen molar-refractivity contribution in [3.05, 3.63) is 39.9 Å². The van der Waals surface area contributed by atoms with Gasteiger partial charge in [-0.2, -0.15) is 17.0 Å². The number of amides is 1. The van der Waals surface area contributed by atoms with Gasteiger partial charge in [0.15, 0.2) is 0 Å². The van der Waals surface area contributed by atoms with Crippen molar-refractivity contribution in [1.29, 1.82) is 5.26 Å². The first kappa shape index (κ1) is 14.3. The Morgan fingerprint density at radius 3 is 2.45 bits per heavy atom. The highest BCUT2D eigenvalue weighted by Crippen LogP contribution is 2.27. The SMILES string of the molecule is N#CC1(NC(=O)c2ccc([N+](=O)[O-])cc2)CCSCC1. The predicted octanol–water partition coefficient (Wildman–Crippen LogP) is 2.11. The number of hydrogen-bond donors (Lipinski definition) is 1. The van der Waals surface area contributed by atoms with Crippen LogP contribution < -0.4 is 5.32 Å². The number of nitriles is 1. The van der Waals surface area contributed by atoms with Crippen LogP contribution in [0.15, 0.2) is 24.3 Å². The van der Waals surface area contributed by atoms with Gasteiger partial charge in [-0.25, -0.2) is 0 Å². The van der Waals surface area contributed by atoms with Crippen LogP contribution in [0.25, 0.3) is 0 Å². The molecule has 1 amide bonds. The largest absolute Gasteiger partial charge is 0.334 e. The standard InChI is InChI=1S/C13H13N3O3S/c14-9-13(5-7-20-8-6-13)15-12(17)10-1-3-11(4-2-10)16(18)19/h1-4H,5-8H2,(H,15,17). The second-order valence-electron chi connectivity index (χ2n) is 4.56. The highest BCUT2D eigenvalue weighted by molar-refractivity contribution is 7.99. The molecule has 0 bridgehead atoms. The summed E-state index contributed by atoms with van der Waals surface area (Å²) in [4.78, 5) is 22.2. The van der Waals surface area contributed by atoms with Gasteiger partial charge in [0.05, 0.1) is 11.0 Å². The summed E-state index contributed by atoms with van der Waals surface area (Å²) >= 11 is 1.76. The van der Waals surface area contributed by atoms with Crippen molar-refractivity contribution in [2.75, 3.05) is 11.5 Å². The summed E-state index contributed by atoms with van der Waals surface area (Å²) in [5, 5.41) is 22.6. The van der Waals surface area contributed by atoms with Gasteiger partial charge in [-0.15, -0.1) is 0 Å². The molecule has 1 aliphatic heterocycles. The zero-order valence-corrected chi connectivity index (χ0v) is 11.5. The Bertz CT molecular complexity index is 559. The fraction of sp³-hybridized carbons (Fsp3) is 0.385. The van der Waals surface area contributed by atoms with Gasteiger partial charge in [-0.3, -0.25) is 14.9 Å². The first-order valence-corrected chi connectivity index (χ1v) is 7.28. The molecule has 0 aliphatic carbocycles.